The SMILES string of the molecule is C[C@@]1(C(N)=O)CN(CCOc2ccc(F)cc2)CCO1. The summed E-state index contributed by atoms with van der Waals surface area (Å²) in [4.78, 5) is 13.4. The molecule has 1 aliphatic rings. The van der Waals surface area contributed by atoms with Gasteiger partial charge in [-0.2, -0.15) is 0 Å². The highest BCUT2D eigenvalue weighted by Gasteiger charge is 2.37. The van der Waals surface area contributed by atoms with Crippen LogP contribution in [0.25, 0.3) is 0 Å². The van der Waals surface area contributed by atoms with E-state index in [-0.39, 0.29) is 5.82 Å². The van der Waals surface area contributed by atoms with Gasteiger partial charge >= 0.3 is 0 Å². The van der Waals surface area contributed by atoms with E-state index in [0.717, 1.165) is 6.54 Å². The zero-order valence-corrected chi connectivity index (χ0v) is 11.5. The molecule has 0 saturated carbocycles. The van der Waals surface area contributed by atoms with E-state index in [1.54, 1.807) is 19.1 Å². The van der Waals surface area contributed by atoms with Crippen molar-refractivity contribution in [2.45, 2.75) is 12.5 Å². The molecule has 0 aliphatic carbocycles. The lowest BCUT2D eigenvalue weighted by molar-refractivity contribution is -0.153. The Morgan fingerprint density at radius 2 is 2.20 bits per heavy atom. The van der Waals surface area contributed by atoms with Crippen LogP contribution < -0.4 is 10.5 Å². The van der Waals surface area contributed by atoms with Crippen molar-refractivity contribution in [3.8, 4) is 5.75 Å². The number of benzene rings is 1. The molecule has 2 N–H and O–H groups in total. The van der Waals surface area contributed by atoms with Crippen molar-refractivity contribution in [1.82, 2.24) is 4.90 Å². The van der Waals surface area contributed by atoms with Gasteiger partial charge < -0.3 is 15.2 Å². The smallest absolute Gasteiger partial charge is 0.250 e. The quantitative estimate of drug-likeness (QED) is 0.867. The second kappa shape index (κ2) is 6.19. The van der Waals surface area contributed by atoms with E-state index in [1.165, 1.54) is 12.1 Å². The number of nitrogens with zero attached hydrogens (tertiary/aromatic N) is 1. The number of hydrogen-bond donors (Lipinski definition) is 1. The monoisotopic (exact) mass is 282 g/mol. The van der Waals surface area contributed by atoms with Gasteiger partial charge in [-0.25, -0.2) is 4.39 Å². The summed E-state index contributed by atoms with van der Waals surface area (Å²) in [6.07, 6.45) is 0. The van der Waals surface area contributed by atoms with Crippen LogP contribution in [0.5, 0.6) is 5.75 Å². The molecule has 0 bridgehead atoms. The Balaban J connectivity index is 1.79. The van der Waals surface area contributed by atoms with Gasteiger partial charge in [0.25, 0.3) is 5.91 Å². The fourth-order valence-corrected chi connectivity index (χ4v) is 2.11. The van der Waals surface area contributed by atoms with E-state index in [4.69, 9.17) is 15.2 Å². The van der Waals surface area contributed by atoms with Crippen molar-refractivity contribution in [1.29, 1.82) is 0 Å². The molecule has 1 fully saturated rings. The first-order valence-electron chi connectivity index (χ1n) is 6.54. The lowest BCUT2D eigenvalue weighted by atomic mass is 10.0. The van der Waals surface area contributed by atoms with E-state index in [1.807, 2.05) is 0 Å². The van der Waals surface area contributed by atoms with Crippen molar-refractivity contribution in [2.24, 2.45) is 5.73 Å². The molecule has 2 rings (SSSR count). The van der Waals surface area contributed by atoms with Crippen molar-refractivity contribution < 1.29 is 18.7 Å². The number of hydrogen-bond acceptors (Lipinski definition) is 4. The van der Waals surface area contributed by atoms with Gasteiger partial charge in [0, 0.05) is 19.6 Å². The predicted octanol–water partition coefficient (Wildman–Crippen LogP) is 0.781. The van der Waals surface area contributed by atoms with Gasteiger partial charge in [0.05, 0.1) is 6.61 Å². The highest BCUT2D eigenvalue weighted by atomic mass is 19.1. The Labute approximate surface area is 117 Å². The molecular formula is C14H19FN2O3. The normalized spacial score (nSPS) is 23.5. The number of morpholine rings is 1. The summed E-state index contributed by atoms with van der Waals surface area (Å²) in [6.45, 7) is 4.47. The average molecular weight is 282 g/mol. The molecule has 110 valence electrons. The van der Waals surface area contributed by atoms with Crippen LogP contribution in [0.3, 0.4) is 0 Å². The summed E-state index contributed by atoms with van der Waals surface area (Å²) in [5.74, 6) is -0.123. The number of amides is 1. The zero-order chi connectivity index (χ0) is 14.6. The highest BCUT2D eigenvalue weighted by molar-refractivity contribution is 5.83. The Kier molecular flexibility index (Phi) is 4.57. The lowest BCUT2D eigenvalue weighted by Gasteiger charge is -2.38. The van der Waals surface area contributed by atoms with E-state index in [0.29, 0.717) is 32.1 Å². The van der Waals surface area contributed by atoms with Gasteiger partial charge in [-0.3, -0.25) is 9.69 Å². The summed E-state index contributed by atoms with van der Waals surface area (Å²) >= 11 is 0. The number of ether oxygens (including phenoxy) is 2. The largest absolute Gasteiger partial charge is 0.492 e. The Morgan fingerprint density at radius 1 is 1.50 bits per heavy atom. The summed E-state index contributed by atoms with van der Waals surface area (Å²) in [7, 11) is 0. The van der Waals surface area contributed by atoms with Crippen LogP contribution >= 0.6 is 0 Å². The van der Waals surface area contributed by atoms with E-state index >= 15 is 0 Å². The number of primary amides is 1. The molecule has 0 radical (unpaired) electrons. The third-order valence-corrected chi connectivity index (χ3v) is 3.36. The van der Waals surface area contributed by atoms with Crippen molar-refractivity contribution in [3.05, 3.63) is 30.1 Å². The molecule has 0 spiro atoms. The van der Waals surface area contributed by atoms with Gasteiger partial charge in [-0.1, -0.05) is 0 Å². The van der Waals surface area contributed by atoms with Gasteiger partial charge in [0.15, 0.2) is 5.60 Å². The molecule has 20 heavy (non-hydrogen) atoms. The summed E-state index contributed by atoms with van der Waals surface area (Å²) in [5, 5.41) is 0. The number of carbonyl (C=O) groups is 1. The number of carbonyl (C=O) groups excluding carboxylic acids is 1. The topological polar surface area (TPSA) is 64.8 Å². The molecule has 1 aromatic rings. The molecule has 0 aromatic heterocycles. The summed E-state index contributed by atoms with van der Waals surface area (Å²) in [5.41, 5.74) is 4.40. The minimum Gasteiger partial charge on any atom is -0.492 e. The molecule has 1 aromatic carbocycles. The third kappa shape index (κ3) is 3.68. The molecule has 1 saturated heterocycles. The van der Waals surface area contributed by atoms with Crippen LogP contribution in [0.1, 0.15) is 6.92 Å². The maximum absolute atomic E-state index is 12.7. The summed E-state index contributed by atoms with van der Waals surface area (Å²) in [6, 6.07) is 5.88. The lowest BCUT2D eigenvalue weighted by Crippen LogP contribution is -2.57. The standard InChI is InChI=1S/C14H19FN2O3/c1-14(13(16)18)10-17(7-9-20-14)6-8-19-12-4-2-11(15)3-5-12/h2-5H,6-10H2,1H3,(H2,16,18)/t14-/m0/s1. The first-order valence-corrected chi connectivity index (χ1v) is 6.54. The number of halogens is 1. The van der Waals surface area contributed by atoms with Gasteiger partial charge in [0.2, 0.25) is 0 Å². The Morgan fingerprint density at radius 3 is 2.85 bits per heavy atom. The zero-order valence-electron chi connectivity index (χ0n) is 11.5. The van der Waals surface area contributed by atoms with Crippen LogP contribution in [0.2, 0.25) is 0 Å². The predicted molar refractivity (Wildman–Crippen MR) is 71.9 cm³/mol. The fraction of sp³-hybridized carbons (Fsp3) is 0.500. The Bertz CT molecular complexity index is 466. The van der Waals surface area contributed by atoms with Crippen LogP contribution in [-0.2, 0) is 9.53 Å². The fourth-order valence-electron chi connectivity index (χ4n) is 2.11. The minimum atomic E-state index is -0.936. The Hall–Kier alpha value is -1.66. The minimum absolute atomic E-state index is 0.289. The summed E-state index contributed by atoms with van der Waals surface area (Å²) < 4.78 is 23.7. The third-order valence-electron chi connectivity index (χ3n) is 3.36. The maximum Gasteiger partial charge on any atom is 0.250 e. The first kappa shape index (κ1) is 14.7. The van der Waals surface area contributed by atoms with Gasteiger partial charge in [-0.15, -0.1) is 0 Å². The van der Waals surface area contributed by atoms with E-state index < -0.39 is 11.5 Å². The molecule has 6 heteroatoms. The highest BCUT2D eigenvalue weighted by Crippen LogP contribution is 2.17. The van der Waals surface area contributed by atoms with Crippen molar-refractivity contribution in [2.75, 3.05) is 32.8 Å². The van der Waals surface area contributed by atoms with Gasteiger partial charge in [0.1, 0.15) is 18.2 Å². The molecule has 1 heterocycles. The van der Waals surface area contributed by atoms with Crippen LogP contribution in [0, 0.1) is 5.82 Å². The van der Waals surface area contributed by atoms with Crippen LogP contribution in [-0.4, -0.2) is 49.3 Å². The molecule has 1 aliphatic heterocycles. The first-order chi connectivity index (χ1) is 9.49. The van der Waals surface area contributed by atoms with E-state index in [9.17, 15) is 9.18 Å². The van der Waals surface area contributed by atoms with Gasteiger partial charge in [-0.05, 0) is 31.2 Å². The van der Waals surface area contributed by atoms with E-state index in [2.05, 4.69) is 4.90 Å². The number of nitrogens with two attached hydrogens (primary N) is 1. The van der Waals surface area contributed by atoms with Crippen LogP contribution in [0.4, 0.5) is 4.39 Å². The van der Waals surface area contributed by atoms with Crippen LogP contribution in [0.15, 0.2) is 24.3 Å². The molecule has 1 amide bonds. The molecule has 0 unspecified atom stereocenters. The second-order valence-corrected chi connectivity index (χ2v) is 5.02. The van der Waals surface area contributed by atoms with Crippen molar-refractivity contribution >= 4 is 5.91 Å². The molecule has 5 nitrogen and oxygen atoms in total. The average Bonchev–Trinajstić information content (AvgIpc) is 2.41. The van der Waals surface area contributed by atoms with Crippen molar-refractivity contribution in [3.63, 3.8) is 0 Å². The second-order valence-electron chi connectivity index (χ2n) is 5.02. The maximum atomic E-state index is 12.7. The molecule has 1 atom stereocenters. The molecular weight excluding hydrogens is 263 g/mol. The number of rotatable bonds is 5.